The van der Waals surface area contributed by atoms with Crippen molar-refractivity contribution in [1.82, 2.24) is 9.97 Å². The van der Waals surface area contributed by atoms with Crippen LogP contribution in [0.5, 0.6) is 5.88 Å². The van der Waals surface area contributed by atoms with E-state index in [1.54, 1.807) is 0 Å². The summed E-state index contributed by atoms with van der Waals surface area (Å²) in [5.41, 5.74) is 1.62. The van der Waals surface area contributed by atoms with Crippen molar-refractivity contribution in [2.24, 2.45) is 5.92 Å². The molecule has 88 valence electrons. The molecule has 0 saturated heterocycles. The molecule has 0 saturated carbocycles. The minimum absolute atomic E-state index is 0.0323. The molecule has 1 rings (SSSR count). The lowest BCUT2D eigenvalue weighted by molar-refractivity contribution is -0.121. The molecule has 0 aromatic carbocycles. The highest BCUT2D eigenvalue weighted by Gasteiger charge is 2.13. The van der Waals surface area contributed by atoms with E-state index in [0.29, 0.717) is 18.9 Å². The van der Waals surface area contributed by atoms with Gasteiger partial charge in [-0.2, -0.15) is 0 Å². The van der Waals surface area contributed by atoms with Crippen LogP contribution in [0.1, 0.15) is 32.0 Å². The summed E-state index contributed by atoms with van der Waals surface area (Å²) in [5, 5.41) is 0. The third kappa shape index (κ3) is 3.02. The average molecular weight is 222 g/mol. The molecule has 0 radical (unpaired) electrons. The van der Waals surface area contributed by atoms with Gasteiger partial charge in [-0.05, 0) is 13.8 Å². The number of carbonyl (C=O) groups excluding carboxylic acids is 1. The minimum Gasteiger partial charge on any atom is -0.478 e. The Bertz CT molecular complexity index is 375. The van der Waals surface area contributed by atoms with E-state index in [0.717, 1.165) is 11.3 Å². The monoisotopic (exact) mass is 222 g/mol. The first-order valence-electron chi connectivity index (χ1n) is 5.52. The molecule has 1 heterocycles. The zero-order valence-corrected chi connectivity index (χ0v) is 10.3. The van der Waals surface area contributed by atoms with E-state index in [2.05, 4.69) is 9.97 Å². The summed E-state index contributed by atoms with van der Waals surface area (Å²) in [6, 6.07) is 0. The summed E-state index contributed by atoms with van der Waals surface area (Å²) in [7, 11) is 0. The molecule has 0 bridgehead atoms. The Balaban J connectivity index is 2.88. The number of nitrogens with zero attached hydrogens (tertiary/aromatic N) is 2. The van der Waals surface area contributed by atoms with Crippen molar-refractivity contribution in [3.05, 3.63) is 17.6 Å². The van der Waals surface area contributed by atoms with Crippen molar-refractivity contribution in [2.45, 2.75) is 34.1 Å². The third-order valence-corrected chi connectivity index (χ3v) is 2.41. The summed E-state index contributed by atoms with van der Waals surface area (Å²) in [6.45, 7) is 8.13. The molecule has 1 aromatic heterocycles. The zero-order valence-electron chi connectivity index (χ0n) is 10.3. The molecule has 0 aliphatic rings. The summed E-state index contributed by atoms with van der Waals surface area (Å²) >= 11 is 0. The standard InChI is InChI=1S/C12H18N2O2/c1-5-16-12-9(4)10(13-7-14-12)6-11(15)8(2)3/h7-8H,5-6H2,1-4H3. The number of ketones is 1. The second-order valence-electron chi connectivity index (χ2n) is 3.98. The van der Waals surface area contributed by atoms with Crippen LogP contribution in [-0.4, -0.2) is 22.4 Å². The number of ether oxygens (including phenoxy) is 1. The Morgan fingerprint density at radius 2 is 2.12 bits per heavy atom. The van der Waals surface area contributed by atoms with Crippen molar-refractivity contribution in [3.63, 3.8) is 0 Å². The van der Waals surface area contributed by atoms with Gasteiger partial charge in [0.25, 0.3) is 0 Å². The number of Topliss-reactive ketones (excluding diaryl/α,β-unsaturated/α-hetero) is 1. The highest BCUT2D eigenvalue weighted by molar-refractivity contribution is 5.82. The fraction of sp³-hybridized carbons (Fsp3) is 0.583. The first kappa shape index (κ1) is 12.6. The van der Waals surface area contributed by atoms with Crippen LogP contribution in [0.4, 0.5) is 0 Å². The number of carbonyl (C=O) groups is 1. The topological polar surface area (TPSA) is 52.1 Å². The molecule has 0 fully saturated rings. The smallest absolute Gasteiger partial charge is 0.219 e. The Hall–Kier alpha value is -1.45. The summed E-state index contributed by atoms with van der Waals surface area (Å²) in [6.07, 6.45) is 1.80. The van der Waals surface area contributed by atoms with Crippen LogP contribution in [0.3, 0.4) is 0 Å². The van der Waals surface area contributed by atoms with Crippen LogP contribution < -0.4 is 4.74 Å². The van der Waals surface area contributed by atoms with Gasteiger partial charge in [0, 0.05) is 17.9 Å². The van der Waals surface area contributed by atoms with Crippen molar-refractivity contribution in [2.75, 3.05) is 6.61 Å². The SMILES string of the molecule is CCOc1ncnc(CC(=O)C(C)C)c1C. The molecule has 16 heavy (non-hydrogen) atoms. The molecule has 4 heteroatoms. The highest BCUT2D eigenvalue weighted by atomic mass is 16.5. The van der Waals surface area contributed by atoms with Crippen molar-refractivity contribution in [3.8, 4) is 5.88 Å². The molecule has 0 amide bonds. The van der Waals surface area contributed by atoms with Gasteiger partial charge in [0.15, 0.2) is 0 Å². The molecule has 0 aliphatic heterocycles. The minimum atomic E-state index is 0.0323. The fourth-order valence-electron chi connectivity index (χ4n) is 1.30. The van der Waals surface area contributed by atoms with E-state index in [9.17, 15) is 4.79 Å². The maximum absolute atomic E-state index is 11.6. The van der Waals surface area contributed by atoms with E-state index < -0.39 is 0 Å². The highest BCUT2D eigenvalue weighted by Crippen LogP contribution is 2.17. The van der Waals surface area contributed by atoms with E-state index in [-0.39, 0.29) is 11.7 Å². The van der Waals surface area contributed by atoms with Gasteiger partial charge in [-0.1, -0.05) is 13.8 Å². The Morgan fingerprint density at radius 1 is 1.44 bits per heavy atom. The van der Waals surface area contributed by atoms with Crippen LogP contribution in [0.25, 0.3) is 0 Å². The number of hydrogen-bond acceptors (Lipinski definition) is 4. The Morgan fingerprint density at radius 3 is 2.69 bits per heavy atom. The van der Waals surface area contributed by atoms with Gasteiger partial charge in [0.2, 0.25) is 5.88 Å². The maximum Gasteiger partial charge on any atom is 0.219 e. The van der Waals surface area contributed by atoms with Gasteiger partial charge in [-0.15, -0.1) is 0 Å². The molecule has 0 atom stereocenters. The van der Waals surface area contributed by atoms with Crippen molar-refractivity contribution in [1.29, 1.82) is 0 Å². The molecule has 0 unspecified atom stereocenters. The van der Waals surface area contributed by atoms with E-state index in [1.807, 2.05) is 27.7 Å². The molecule has 4 nitrogen and oxygen atoms in total. The molecule has 0 N–H and O–H groups in total. The maximum atomic E-state index is 11.6. The summed E-state index contributed by atoms with van der Waals surface area (Å²) < 4.78 is 5.36. The van der Waals surface area contributed by atoms with Gasteiger partial charge in [-0.25, -0.2) is 9.97 Å². The fourth-order valence-corrected chi connectivity index (χ4v) is 1.30. The number of aromatic nitrogens is 2. The lowest BCUT2D eigenvalue weighted by Gasteiger charge is -2.09. The molecular weight excluding hydrogens is 204 g/mol. The Kier molecular flexibility index (Phi) is 4.40. The van der Waals surface area contributed by atoms with E-state index >= 15 is 0 Å². The number of rotatable bonds is 5. The largest absolute Gasteiger partial charge is 0.478 e. The van der Waals surface area contributed by atoms with Crippen LogP contribution in [0.2, 0.25) is 0 Å². The van der Waals surface area contributed by atoms with Crippen LogP contribution in [0.15, 0.2) is 6.33 Å². The lowest BCUT2D eigenvalue weighted by atomic mass is 10.0. The second kappa shape index (κ2) is 5.58. The predicted molar refractivity (Wildman–Crippen MR) is 61.5 cm³/mol. The van der Waals surface area contributed by atoms with Crippen LogP contribution >= 0.6 is 0 Å². The van der Waals surface area contributed by atoms with Crippen molar-refractivity contribution >= 4 is 5.78 Å². The van der Waals surface area contributed by atoms with Gasteiger partial charge >= 0.3 is 0 Å². The molecule has 0 spiro atoms. The first-order chi connectivity index (χ1) is 7.56. The molecule has 1 aromatic rings. The normalized spacial score (nSPS) is 10.6. The van der Waals surface area contributed by atoms with Gasteiger partial charge in [-0.3, -0.25) is 4.79 Å². The molecule has 0 aliphatic carbocycles. The van der Waals surface area contributed by atoms with Gasteiger partial charge < -0.3 is 4.74 Å². The summed E-state index contributed by atoms with van der Waals surface area (Å²) in [4.78, 5) is 19.8. The average Bonchev–Trinajstić information content (AvgIpc) is 2.24. The van der Waals surface area contributed by atoms with E-state index in [1.165, 1.54) is 6.33 Å². The second-order valence-corrected chi connectivity index (χ2v) is 3.98. The lowest BCUT2D eigenvalue weighted by Crippen LogP contribution is -2.13. The predicted octanol–water partition coefficient (Wildman–Crippen LogP) is 1.95. The van der Waals surface area contributed by atoms with Gasteiger partial charge in [0.1, 0.15) is 12.1 Å². The third-order valence-electron chi connectivity index (χ3n) is 2.41. The summed E-state index contributed by atoms with van der Waals surface area (Å²) in [5.74, 6) is 0.790. The quantitative estimate of drug-likeness (QED) is 0.764. The van der Waals surface area contributed by atoms with Crippen LogP contribution in [0, 0.1) is 12.8 Å². The molecular formula is C12H18N2O2. The van der Waals surface area contributed by atoms with Crippen LogP contribution in [-0.2, 0) is 11.2 Å². The van der Waals surface area contributed by atoms with Gasteiger partial charge in [0.05, 0.1) is 12.3 Å². The number of hydrogen-bond donors (Lipinski definition) is 0. The van der Waals surface area contributed by atoms with E-state index in [4.69, 9.17) is 4.74 Å². The van der Waals surface area contributed by atoms with Crippen molar-refractivity contribution < 1.29 is 9.53 Å². The first-order valence-corrected chi connectivity index (χ1v) is 5.52. The Labute approximate surface area is 96.1 Å². The zero-order chi connectivity index (χ0) is 12.1.